The molecule has 0 aliphatic heterocycles. The Labute approximate surface area is 150 Å². The van der Waals surface area contributed by atoms with Gasteiger partial charge in [0.1, 0.15) is 11.7 Å². The number of nitrogen functional groups attached to an aromatic ring is 1. The second-order valence-electron chi connectivity index (χ2n) is 5.95. The first-order valence-corrected chi connectivity index (χ1v) is 8.06. The molecule has 0 saturated heterocycles. The van der Waals surface area contributed by atoms with Gasteiger partial charge < -0.3 is 15.4 Å². The number of carbonyl (C=O) groups excluding carboxylic acids is 1. The first kappa shape index (κ1) is 17.3. The number of hydrogen-bond acceptors (Lipinski definition) is 5. The van der Waals surface area contributed by atoms with Gasteiger partial charge in [0.25, 0.3) is 0 Å². The van der Waals surface area contributed by atoms with Crippen molar-refractivity contribution in [3.8, 4) is 0 Å². The highest BCUT2D eigenvalue weighted by Gasteiger charge is 2.23. The number of aromatic nitrogens is 3. The maximum atomic E-state index is 12.3. The van der Waals surface area contributed by atoms with Gasteiger partial charge in [0.05, 0.1) is 18.6 Å². The SMILES string of the molecule is Nc1ccc(CC(C(=O)O)c2cn(CC(=O)c3ccccc3)cn2)cn1. The van der Waals surface area contributed by atoms with Gasteiger partial charge in [0, 0.05) is 18.0 Å². The van der Waals surface area contributed by atoms with Crippen LogP contribution in [-0.2, 0) is 17.8 Å². The van der Waals surface area contributed by atoms with Crippen molar-refractivity contribution < 1.29 is 14.7 Å². The zero-order valence-corrected chi connectivity index (χ0v) is 13.9. The molecule has 7 heteroatoms. The molecule has 3 N–H and O–H groups in total. The van der Waals surface area contributed by atoms with E-state index in [0.717, 1.165) is 5.56 Å². The van der Waals surface area contributed by atoms with Gasteiger partial charge in [-0.2, -0.15) is 0 Å². The molecular formula is C19H18N4O3. The lowest BCUT2D eigenvalue weighted by Crippen LogP contribution is -2.15. The van der Waals surface area contributed by atoms with E-state index < -0.39 is 11.9 Å². The number of aliphatic carboxylic acids is 1. The second kappa shape index (κ2) is 7.60. The molecule has 3 rings (SSSR count). The van der Waals surface area contributed by atoms with Crippen LogP contribution in [0.4, 0.5) is 5.82 Å². The molecule has 0 aliphatic rings. The number of carboxylic acids is 1. The summed E-state index contributed by atoms with van der Waals surface area (Å²) in [6.07, 6.45) is 4.88. The molecule has 0 saturated carbocycles. The highest BCUT2D eigenvalue weighted by atomic mass is 16.4. The summed E-state index contributed by atoms with van der Waals surface area (Å²) >= 11 is 0. The summed E-state index contributed by atoms with van der Waals surface area (Å²) in [6, 6.07) is 12.3. The Morgan fingerprint density at radius 2 is 1.88 bits per heavy atom. The van der Waals surface area contributed by atoms with Gasteiger partial charge in [-0.15, -0.1) is 0 Å². The van der Waals surface area contributed by atoms with E-state index in [4.69, 9.17) is 5.73 Å². The highest BCUT2D eigenvalue weighted by Crippen LogP contribution is 2.20. The van der Waals surface area contributed by atoms with Crippen LogP contribution in [0.15, 0.2) is 61.2 Å². The maximum absolute atomic E-state index is 12.3. The van der Waals surface area contributed by atoms with Crippen molar-refractivity contribution in [1.82, 2.24) is 14.5 Å². The smallest absolute Gasteiger partial charge is 0.312 e. The number of nitrogens with two attached hydrogens (primary N) is 1. The molecule has 7 nitrogen and oxygen atoms in total. The number of anilines is 1. The van der Waals surface area contributed by atoms with Crippen LogP contribution in [0.2, 0.25) is 0 Å². The molecule has 0 amide bonds. The molecule has 3 aromatic rings. The number of hydrogen-bond donors (Lipinski definition) is 2. The van der Waals surface area contributed by atoms with Gasteiger partial charge in [0.2, 0.25) is 0 Å². The second-order valence-corrected chi connectivity index (χ2v) is 5.95. The molecule has 1 aromatic carbocycles. The van der Waals surface area contributed by atoms with Crippen LogP contribution in [0.3, 0.4) is 0 Å². The average Bonchev–Trinajstić information content (AvgIpc) is 3.09. The quantitative estimate of drug-likeness (QED) is 0.632. The number of carboxylic acid groups (broad SMARTS) is 1. The summed E-state index contributed by atoms with van der Waals surface area (Å²) in [5.41, 5.74) is 7.30. The summed E-state index contributed by atoms with van der Waals surface area (Å²) in [6.45, 7) is 0.104. The number of Topliss-reactive ketones (excluding diaryl/α,β-unsaturated/α-hetero) is 1. The summed E-state index contributed by atoms with van der Waals surface area (Å²) in [5, 5.41) is 9.55. The molecule has 0 aliphatic carbocycles. The Morgan fingerprint density at radius 1 is 1.12 bits per heavy atom. The standard InChI is InChI=1S/C19H18N4O3/c20-18-7-6-13(9-21-18)8-15(19(25)26)16-10-23(12-22-16)11-17(24)14-4-2-1-3-5-14/h1-7,9-10,12,15H,8,11H2,(H2,20,21)(H,25,26). The van der Waals surface area contributed by atoms with Gasteiger partial charge >= 0.3 is 5.97 Å². The molecule has 0 radical (unpaired) electrons. The summed E-state index contributed by atoms with van der Waals surface area (Å²) in [5.74, 6) is -1.50. The molecule has 2 aromatic heterocycles. The van der Waals surface area contributed by atoms with E-state index >= 15 is 0 Å². The molecule has 1 unspecified atom stereocenters. The number of imidazole rings is 1. The molecule has 0 fully saturated rings. The largest absolute Gasteiger partial charge is 0.481 e. The van der Waals surface area contributed by atoms with E-state index in [1.807, 2.05) is 6.07 Å². The predicted octanol–water partition coefficient (Wildman–Crippen LogP) is 2.15. The van der Waals surface area contributed by atoms with Crippen LogP contribution in [0.25, 0.3) is 0 Å². The molecule has 0 spiro atoms. The van der Waals surface area contributed by atoms with Crippen molar-refractivity contribution in [2.45, 2.75) is 18.9 Å². The highest BCUT2D eigenvalue weighted by molar-refractivity contribution is 5.95. The zero-order valence-electron chi connectivity index (χ0n) is 13.9. The average molecular weight is 350 g/mol. The first-order valence-electron chi connectivity index (χ1n) is 8.06. The van der Waals surface area contributed by atoms with Gasteiger partial charge in [-0.05, 0) is 18.1 Å². The van der Waals surface area contributed by atoms with E-state index in [2.05, 4.69) is 9.97 Å². The Morgan fingerprint density at radius 3 is 2.54 bits per heavy atom. The first-order chi connectivity index (χ1) is 12.5. The summed E-state index contributed by atoms with van der Waals surface area (Å²) < 4.78 is 1.60. The fourth-order valence-electron chi connectivity index (χ4n) is 2.64. The Kier molecular flexibility index (Phi) is 5.07. The fourth-order valence-corrected chi connectivity index (χ4v) is 2.64. The van der Waals surface area contributed by atoms with Crippen LogP contribution in [0.5, 0.6) is 0 Å². The normalized spacial score (nSPS) is 11.8. The Bertz CT molecular complexity index is 904. The Balaban J connectivity index is 1.74. The third kappa shape index (κ3) is 4.13. The minimum atomic E-state index is -0.985. The van der Waals surface area contributed by atoms with Crippen LogP contribution in [0, 0.1) is 0 Å². The lowest BCUT2D eigenvalue weighted by atomic mass is 9.98. The number of carbonyl (C=O) groups is 2. The van der Waals surface area contributed by atoms with Crippen LogP contribution < -0.4 is 5.73 Å². The van der Waals surface area contributed by atoms with Gasteiger partial charge in [-0.1, -0.05) is 36.4 Å². The summed E-state index contributed by atoms with van der Waals surface area (Å²) in [7, 11) is 0. The zero-order chi connectivity index (χ0) is 18.5. The van der Waals surface area contributed by atoms with Gasteiger partial charge in [-0.3, -0.25) is 9.59 Å². The lowest BCUT2D eigenvalue weighted by molar-refractivity contribution is -0.138. The third-order valence-electron chi connectivity index (χ3n) is 4.02. The number of rotatable bonds is 7. The molecule has 2 heterocycles. The molecule has 0 bridgehead atoms. The Hall–Kier alpha value is -3.48. The van der Waals surface area contributed by atoms with Crippen molar-refractivity contribution in [2.75, 3.05) is 5.73 Å². The lowest BCUT2D eigenvalue weighted by Gasteiger charge is -2.09. The minimum Gasteiger partial charge on any atom is -0.481 e. The minimum absolute atomic E-state index is 0.0656. The topological polar surface area (TPSA) is 111 Å². The van der Waals surface area contributed by atoms with Gasteiger partial charge in [0.15, 0.2) is 5.78 Å². The number of nitrogens with zero attached hydrogens (tertiary/aromatic N) is 3. The van der Waals surface area contributed by atoms with Crippen molar-refractivity contribution in [2.24, 2.45) is 0 Å². The van der Waals surface area contributed by atoms with Crippen molar-refractivity contribution in [3.63, 3.8) is 0 Å². The van der Waals surface area contributed by atoms with E-state index in [-0.39, 0.29) is 18.7 Å². The van der Waals surface area contributed by atoms with E-state index in [0.29, 0.717) is 17.1 Å². The van der Waals surface area contributed by atoms with E-state index in [1.165, 1.54) is 6.33 Å². The molecule has 26 heavy (non-hydrogen) atoms. The number of benzene rings is 1. The fraction of sp³-hybridized carbons (Fsp3) is 0.158. The van der Waals surface area contributed by atoms with Crippen LogP contribution >= 0.6 is 0 Å². The molecular weight excluding hydrogens is 332 g/mol. The maximum Gasteiger partial charge on any atom is 0.312 e. The monoisotopic (exact) mass is 350 g/mol. The van der Waals surface area contributed by atoms with Gasteiger partial charge in [-0.25, -0.2) is 9.97 Å². The van der Waals surface area contributed by atoms with E-state index in [1.54, 1.807) is 53.4 Å². The summed E-state index contributed by atoms with van der Waals surface area (Å²) in [4.78, 5) is 32.1. The number of ketones is 1. The van der Waals surface area contributed by atoms with Crippen LogP contribution in [0.1, 0.15) is 27.5 Å². The van der Waals surface area contributed by atoms with E-state index in [9.17, 15) is 14.7 Å². The van der Waals surface area contributed by atoms with Crippen molar-refractivity contribution in [1.29, 1.82) is 0 Å². The molecule has 132 valence electrons. The van der Waals surface area contributed by atoms with Crippen molar-refractivity contribution in [3.05, 3.63) is 78.0 Å². The molecule has 1 atom stereocenters. The number of pyridine rings is 1. The van der Waals surface area contributed by atoms with Crippen molar-refractivity contribution >= 4 is 17.6 Å². The predicted molar refractivity (Wildman–Crippen MR) is 95.7 cm³/mol. The third-order valence-corrected chi connectivity index (χ3v) is 4.02. The van der Waals surface area contributed by atoms with Crippen LogP contribution in [-0.4, -0.2) is 31.4 Å².